The number of hydrogen-bond donors (Lipinski definition) is 0. The number of carbonyl (C=O) groups is 4. The van der Waals surface area contributed by atoms with Crippen molar-refractivity contribution >= 4 is 24.2 Å². The fourth-order valence-corrected chi connectivity index (χ4v) is 5.84. The molecule has 0 radical (unpaired) electrons. The van der Waals surface area contributed by atoms with E-state index in [0.717, 1.165) is 32.1 Å². The third kappa shape index (κ3) is 10.6. The van der Waals surface area contributed by atoms with Crippen molar-refractivity contribution in [1.29, 1.82) is 0 Å². The van der Waals surface area contributed by atoms with Crippen molar-refractivity contribution in [2.75, 3.05) is 28.4 Å². The number of ether oxygens (including phenoxy) is 6. The van der Waals surface area contributed by atoms with Gasteiger partial charge in [-0.25, -0.2) is 29.1 Å². The summed E-state index contributed by atoms with van der Waals surface area (Å²) in [4.78, 5) is 67.3. The molecule has 0 atom stereocenters. The highest BCUT2D eigenvalue weighted by atomic mass is 17.2. The molecular formula is C33H40O14. The average Bonchev–Trinajstić information content (AvgIpc) is 3.10. The van der Waals surface area contributed by atoms with Crippen molar-refractivity contribution in [1.82, 2.24) is 0 Å². The van der Waals surface area contributed by atoms with Gasteiger partial charge in [-0.15, -0.1) is 0 Å². The zero-order valence-electron chi connectivity index (χ0n) is 26.9. The lowest BCUT2D eigenvalue weighted by molar-refractivity contribution is -0.208. The van der Waals surface area contributed by atoms with Crippen molar-refractivity contribution < 1.29 is 67.1 Å². The minimum Gasteiger partial charge on any atom is -0.497 e. The second kappa shape index (κ2) is 17.2. The first-order valence-corrected chi connectivity index (χ1v) is 15.3. The van der Waals surface area contributed by atoms with Gasteiger partial charge in [0.2, 0.25) is 0 Å². The first-order chi connectivity index (χ1) is 22.7. The highest BCUT2D eigenvalue weighted by molar-refractivity contribution is 5.91. The number of hydrogen-bond acceptors (Lipinski definition) is 14. The van der Waals surface area contributed by atoms with Crippen LogP contribution in [0.4, 0.5) is 9.59 Å². The van der Waals surface area contributed by atoms with Gasteiger partial charge in [0.1, 0.15) is 35.2 Å². The van der Waals surface area contributed by atoms with E-state index in [1.165, 1.54) is 52.7 Å². The second-order valence-corrected chi connectivity index (χ2v) is 11.4. The minimum absolute atomic E-state index is 0.0858. The normalized spacial score (nSPS) is 20.5. The summed E-state index contributed by atoms with van der Waals surface area (Å²) in [5, 5.41) is 0. The summed E-state index contributed by atoms with van der Waals surface area (Å²) in [5.41, 5.74) is 0.172. The van der Waals surface area contributed by atoms with E-state index in [4.69, 9.17) is 28.4 Å². The Morgan fingerprint density at radius 1 is 0.489 bits per heavy atom. The largest absolute Gasteiger partial charge is 0.550 e. The summed E-state index contributed by atoms with van der Waals surface area (Å²) in [6.45, 7) is 0. The molecular weight excluding hydrogens is 620 g/mol. The molecule has 0 amide bonds. The number of benzene rings is 2. The van der Waals surface area contributed by atoms with Crippen molar-refractivity contribution in [3.63, 3.8) is 0 Å². The van der Waals surface area contributed by atoms with Crippen molar-refractivity contribution in [3.05, 3.63) is 47.5 Å². The maximum absolute atomic E-state index is 12.3. The molecule has 0 N–H and O–H groups in total. The Morgan fingerprint density at radius 3 is 1.11 bits per heavy atom. The Kier molecular flexibility index (Phi) is 12.8. The molecule has 2 saturated carbocycles. The van der Waals surface area contributed by atoms with Gasteiger partial charge >= 0.3 is 24.2 Å². The third-order valence-corrected chi connectivity index (χ3v) is 8.33. The maximum atomic E-state index is 12.3. The fraction of sp³-hybridized carbons (Fsp3) is 0.515. The predicted octanol–water partition coefficient (Wildman–Crippen LogP) is 6.38. The van der Waals surface area contributed by atoms with Crippen LogP contribution >= 0.6 is 0 Å². The molecule has 0 spiro atoms. The van der Waals surface area contributed by atoms with Gasteiger partial charge in [0.15, 0.2) is 0 Å². The quantitative estimate of drug-likeness (QED) is 0.157. The van der Waals surface area contributed by atoms with Crippen LogP contribution in [0.3, 0.4) is 0 Å². The molecule has 2 aliphatic rings. The molecule has 2 aromatic rings. The highest BCUT2D eigenvalue weighted by Gasteiger charge is 2.30. The molecule has 0 aliphatic heterocycles. The summed E-state index contributed by atoms with van der Waals surface area (Å²) < 4.78 is 31.2. The van der Waals surface area contributed by atoms with Crippen LogP contribution < -0.4 is 18.9 Å². The molecule has 256 valence electrons. The lowest BCUT2D eigenvalue weighted by Gasteiger charge is -2.33. The van der Waals surface area contributed by atoms with Crippen molar-refractivity contribution in [2.24, 2.45) is 11.8 Å². The summed E-state index contributed by atoms with van der Waals surface area (Å²) in [6, 6.07) is 8.89. The Hall–Kier alpha value is -4.88. The Labute approximate surface area is 272 Å². The minimum atomic E-state index is -1.08. The molecule has 0 heterocycles. The summed E-state index contributed by atoms with van der Waals surface area (Å²) >= 11 is 0. The van der Waals surface area contributed by atoms with Gasteiger partial charge in [-0.2, -0.15) is 9.59 Å². The Bertz CT molecular complexity index is 1230. The average molecular weight is 661 g/mol. The van der Waals surface area contributed by atoms with E-state index in [2.05, 4.69) is 19.6 Å². The van der Waals surface area contributed by atoms with E-state index in [0.29, 0.717) is 60.5 Å². The van der Waals surface area contributed by atoms with Crippen molar-refractivity contribution in [3.8, 4) is 23.0 Å². The summed E-state index contributed by atoms with van der Waals surface area (Å²) in [5.74, 6) is 0.691. The summed E-state index contributed by atoms with van der Waals surface area (Å²) in [7, 11) is 5.78. The monoisotopic (exact) mass is 660 g/mol. The molecule has 0 unspecified atom stereocenters. The lowest BCUT2D eigenvalue weighted by atomic mass is 9.76. The molecule has 14 nitrogen and oxygen atoms in total. The second-order valence-electron chi connectivity index (χ2n) is 11.4. The van der Waals surface area contributed by atoms with Crippen molar-refractivity contribution in [2.45, 2.75) is 70.0 Å². The van der Waals surface area contributed by atoms with Gasteiger partial charge in [0.05, 0.1) is 39.6 Å². The molecule has 0 saturated heterocycles. The predicted molar refractivity (Wildman–Crippen MR) is 161 cm³/mol. The zero-order chi connectivity index (χ0) is 33.8. The van der Waals surface area contributed by atoms with E-state index < -0.39 is 24.2 Å². The van der Waals surface area contributed by atoms with Crippen LogP contribution in [0.25, 0.3) is 0 Å². The van der Waals surface area contributed by atoms with Gasteiger partial charge in [-0.1, -0.05) is 0 Å². The molecule has 0 aromatic heterocycles. The summed E-state index contributed by atoms with van der Waals surface area (Å²) in [6.07, 6.45) is 4.43. The van der Waals surface area contributed by atoms with E-state index >= 15 is 0 Å². The molecule has 4 rings (SSSR count). The number of carbonyl (C=O) groups excluding carboxylic acids is 4. The molecule has 2 aliphatic carbocycles. The van der Waals surface area contributed by atoms with E-state index in [-0.39, 0.29) is 23.3 Å². The molecule has 0 bridgehead atoms. The first-order valence-electron chi connectivity index (χ1n) is 15.3. The highest BCUT2D eigenvalue weighted by Crippen LogP contribution is 2.37. The topological polar surface area (TPSA) is 161 Å². The Morgan fingerprint density at radius 2 is 0.809 bits per heavy atom. The number of methoxy groups -OCH3 is 4. The molecule has 14 heteroatoms. The Balaban J connectivity index is 1.09. The fourth-order valence-electron chi connectivity index (χ4n) is 5.84. The van der Waals surface area contributed by atoms with Gasteiger partial charge in [0, 0.05) is 12.1 Å². The van der Waals surface area contributed by atoms with Crippen LogP contribution in [0.1, 0.15) is 78.5 Å². The zero-order valence-corrected chi connectivity index (χ0v) is 26.9. The van der Waals surface area contributed by atoms with Crippen LogP contribution in [0, 0.1) is 11.8 Å². The van der Waals surface area contributed by atoms with E-state index in [9.17, 15) is 19.2 Å². The van der Waals surface area contributed by atoms with Gasteiger partial charge < -0.3 is 28.4 Å². The lowest BCUT2D eigenvalue weighted by Crippen LogP contribution is -2.28. The third-order valence-electron chi connectivity index (χ3n) is 8.33. The first kappa shape index (κ1) is 35.0. The van der Waals surface area contributed by atoms with Crippen LogP contribution in [0.2, 0.25) is 0 Å². The standard InChI is InChI=1S/C33H40O14/c1-38-26-14-22(15-27(18-26)39-2)30(34)44-46-32(36)42-24-9-5-20(6-10-24)13-21-7-11-25(12-8-21)43-33(37)47-45-31(35)23-16-28(40-3)19-29(17-23)41-4/h14-21,24-25H,5-13H2,1-4H3. The molecule has 2 fully saturated rings. The van der Waals surface area contributed by atoms with Gasteiger partial charge in [0.25, 0.3) is 0 Å². The van der Waals surface area contributed by atoms with Crippen LogP contribution in [0.15, 0.2) is 36.4 Å². The van der Waals surface area contributed by atoms with Crippen LogP contribution in [-0.4, -0.2) is 64.9 Å². The number of rotatable bonds is 10. The van der Waals surface area contributed by atoms with Gasteiger partial charge in [-0.3, -0.25) is 0 Å². The SMILES string of the molecule is COc1cc(OC)cc(C(=O)OOC(=O)OC2CCC(CC3CCC(OC(=O)OOC(=O)c4cc(OC)cc(OC)c4)CC3)CC2)c1. The smallest absolute Gasteiger partial charge is 0.497 e. The molecule has 2 aromatic carbocycles. The van der Waals surface area contributed by atoms with Crippen LogP contribution in [0.5, 0.6) is 23.0 Å². The van der Waals surface area contributed by atoms with E-state index in [1.807, 2.05) is 0 Å². The van der Waals surface area contributed by atoms with Crippen LogP contribution in [-0.2, 0) is 29.0 Å². The van der Waals surface area contributed by atoms with E-state index in [1.54, 1.807) is 12.1 Å². The van der Waals surface area contributed by atoms with Gasteiger partial charge in [-0.05, 0) is 93.9 Å². The maximum Gasteiger partial charge on any atom is 0.550 e. The molecule has 47 heavy (non-hydrogen) atoms.